The van der Waals surface area contributed by atoms with E-state index >= 15 is 0 Å². The number of hydrogen-bond acceptors (Lipinski definition) is 4. The van der Waals surface area contributed by atoms with Crippen molar-refractivity contribution in [3.05, 3.63) is 137 Å². The lowest BCUT2D eigenvalue weighted by atomic mass is 9.99. The van der Waals surface area contributed by atoms with Gasteiger partial charge in [-0.25, -0.2) is 4.79 Å². The Morgan fingerprint density at radius 3 is 1.94 bits per heavy atom. The predicted molar refractivity (Wildman–Crippen MR) is 130 cm³/mol. The third kappa shape index (κ3) is 5.74. The molecule has 0 saturated carbocycles. The zero-order valence-electron chi connectivity index (χ0n) is 18.4. The van der Waals surface area contributed by atoms with E-state index in [9.17, 15) is 9.59 Å². The molecule has 0 fully saturated rings. The number of Topliss-reactive ketones (excluding diaryl/α,β-unsaturated/α-hetero) is 1. The third-order valence-corrected chi connectivity index (χ3v) is 5.36. The summed E-state index contributed by atoms with van der Waals surface area (Å²) in [7, 11) is 0. The van der Waals surface area contributed by atoms with Crippen molar-refractivity contribution in [1.29, 1.82) is 0 Å². The molecule has 0 aliphatic carbocycles. The topological polar surface area (TPSA) is 55.4 Å². The van der Waals surface area contributed by atoms with Crippen molar-refractivity contribution in [2.24, 2.45) is 0 Å². The van der Waals surface area contributed by atoms with Gasteiger partial charge in [-0.15, -0.1) is 0 Å². The van der Waals surface area contributed by atoms with Crippen LogP contribution in [0.2, 0.25) is 0 Å². The maximum Gasteiger partial charge on any atom is 0.339 e. The summed E-state index contributed by atoms with van der Waals surface area (Å²) in [5.74, 6) is -0.787. The van der Waals surface area contributed by atoms with Gasteiger partial charge in [0.1, 0.15) is 0 Å². The minimum atomic E-state index is -1.01. The number of hydrogen-bond donors (Lipinski definition) is 1. The standard InChI is InChI=1S/C29H25NO3/c1-21-12-16-23(17-13-21)27(31)28(24-8-4-2-5-9-24)33-29(32)25-18-14-22(15-19-25)20-30-26-10-6-3-7-11-26/h2-19,28,30H,20H2,1H3. The van der Waals surface area contributed by atoms with E-state index in [0.717, 1.165) is 16.8 Å². The molecule has 4 aromatic rings. The van der Waals surface area contributed by atoms with Crippen LogP contribution in [0.15, 0.2) is 109 Å². The summed E-state index contributed by atoms with van der Waals surface area (Å²) >= 11 is 0. The average Bonchev–Trinajstić information content (AvgIpc) is 2.87. The van der Waals surface area contributed by atoms with Crippen molar-refractivity contribution >= 4 is 17.4 Å². The Morgan fingerprint density at radius 1 is 0.727 bits per heavy atom. The second kappa shape index (κ2) is 10.4. The van der Waals surface area contributed by atoms with Gasteiger partial charge in [0, 0.05) is 23.4 Å². The van der Waals surface area contributed by atoms with Gasteiger partial charge < -0.3 is 10.1 Å². The molecular formula is C29H25NO3. The monoisotopic (exact) mass is 435 g/mol. The Balaban J connectivity index is 1.48. The van der Waals surface area contributed by atoms with Gasteiger partial charge in [-0.3, -0.25) is 4.79 Å². The maximum atomic E-state index is 13.2. The van der Waals surface area contributed by atoms with Crippen molar-refractivity contribution in [3.63, 3.8) is 0 Å². The van der Waals surface area contributed by atoms with E-state index < -0.39 is 12.1 Å². The highest BCUT2D eigenvalue weighted by Gasteiger charge is 2.26. The molecule has 0 heterocycles. The lowest BCUT2D eigenvalue weighted by molar-refractivity contribution is 0.0280. The van der Waals surface area contributed by atoms with Crippen molar-refractivity contribution in [2.75, 3.05) is 5.32 Å². The summed E-state index contributed by atoms with van der Waals surface area (Å²) in [6.07, 6.45) is -1.01. The largest absolute Gasteiger partial charge is 0.445 e. The van der Waals surface area contributed by atoms with E-state index in [1.165, 1.54) is 0 Å². The van der Waals surface area contributed by atoms with Gasteiger partial charge in [0.25, 0.3) is 0 Å². The van der Waals surface area contributed by atoms with Crippen molar-refractivity contribution < 1.29 is 14.3 Å². The molecule has 0 aromatic heterocycles. The van der Waals surface area contributed by atoms with Crippen LogP contribution in [0.4, 0.5) is 5.69 Å². The van der Waals surface area contributed by atoms with Crippen molar-refractivity contribution in [1.82, 2.24) is 0 Å². The zero-order valence-corrected chi connectivity index (χ0v) is 18.4. The van der Waals surface area contributed by atoms with Gasteiger partial charge in [0.05, 0.1) is 5.56 Å². The fourth-order valence-corrected chi connectivity index (χ4v) is 3.46. The maximum absolute atomic E-state index is 13.2. The van der Waals surface area contributed by atoms with Crippen LogP contribution in [-0.4, -0.2) is 11.8 Å². The number of carbonyl (C=O) groups excluding carboxylic acids is 2. The van der Waals surface area contributed by atoms with Crippen LogP contribution in [0.1, 0.15) is 43.5 Å². The van der Waals surface area contributed by atoms with E-state index in [0.29, 0.717) is 23.2 Å². The number of ketones is 1. The number of para-hydroxylation sites is 1. The Bertz CT molecular complexity index is 1200. The Morgan fingerprint density at radius 2 is 1.30 bits per heavy atom. The van der Waals surface area contributed by atoms with Crippen LogP contribution >= 0.6 is 0 Å². The molecule has 4 heteroatoms. The SMILES string of the molecule is Cc1ccc(C(=O)C(OC(=O)c2ccc(CNc3ccccc3)cc2)c2ccccc2)cc1. The summed E-state index contributed by atoms with van der Waals surface area (Å²) in [4.78, 5) is 26.1. The molecular weight excluding hydrogens is 410 g/mol. The van der Waals surface area contributed by atoms with Gasteiger partial charge in [0.2, 0.25) is 5.78 Å². The average molecular weight is 436 g/mol. The van der Waals surface area contributed by atoms with E-state index in [4.69, 9.17) is 4.74 Å². The van der Waals surface area contributed by atoms with Crippen molar-refractivity contribution in [3.8, 4) is 0 Å². The molecule has 0 radical (unpaired) electrons. The Kier molecular flexibility index (Phi) is 6.96. The summed E-state index contributed by atoms with van der Waals surface area (Å²) in [6.45, 7) is 2.60. The molecule has 0 amide bonds. The molecule has 4 rings (SSSR count). The molecule has 4 aromatic carbocycles. The molecule has 0 spiro atoms. The number of nitrogens with one attached hydrogen (secondary N) is 1. The highest BCUT2D eigenvalue weighted by atomic mass is 16.5. The number of esters is 1. The van der Waals surface area contributed by atoms with Gasteiger partial charge in [-0.05, 0) is 36.8 Å². The van der Waals surface area contributed by atoms with Crippen LogP contribution in [0.25, 0.3) is 0 Å². The van der Waals surface area contributed by atoms with Gasteiger partial charge in [0.15, 0.2) is 6.10 Å². The Hall–Kier alpha value is -4.18. The van der Waals surface area contributed by atoms with Crippen LogP contribution in [0, 0.1) is 6.92 Å². The predicted octanol–water partition coefficient (Wildman–Crippen LogP) is 6.39. The molecule has 0 saturated heterocycles. The van der Waals surface area contributed by atoms with E-state index in [1.807, 2.05) is 79.7 Å². The molecule has 164 valence electrons. The Labute approximate surface area is 193 Å². The van der Waals surface area contributed by atoms with E-state index in [2.05, 4.69) is 5.32 Å². The number of aryl methyl sites for hydroxylation is 1. The molecule has 1 unspecified atom stereocenters. The van der Waals surface area contributed by atoms with Crippen LogP contribution in [-0.2, 0) is 11.3 Å². The highest BCUT2D eigenvalue weighted by Crippen LogP contribution is 2.24. The lowest BCUT2D eigenvalue weighted by Gasteiger charge is -2.18. The van der Waals surface area contributed by atoms with E-state index in [1.54, 1.807) is 36.4 Å². The van der Waals surface area contributed by atoms with Gasteiger partial charge >= 0.3 is 5.97 Å². The third-order valence-electron chi connectivity index (χ3n) is 5.36. The smallest absolute Gasteiger partial charge is 0.339 e. The normalized spacial score (nSPS) is 11.4. The van der Waals surface area contributed by atoms with Crippen LogP contribution < -0.4 is 5.32 Å². The molecule has 0 aliphatic heterocycles. The summed E-state index contributed by atoms with van der Waals surface area (Å²) in [5, 5.41) is 3.34. The minimum absolute atomic E-state index is 0.252. The van der Waals surface area contributed by atoms with Gasteiger partial charge in [-0.2, -0.15) is 0 Å². The number of carbonyl (C=O) groups is 2. The second-order valence-corrected chi connectivity index (χ2v) is 7.84. The zero-order chi connectivity index (χ0) is 23.0. The first-order chi connectivity index (χ1) is 16.1. The molecule has 0 bridgehead atoms. The van der Waals surface area contributed by atoms with Crippen LogP contribution in [0.3, 0.4) is 0 Å². The lowest BCUT2D eigenvalue weighted by Crippen LogP contribution is -2.20. The number of ether oxygens (including phenoxy) is 1. The first-order valence-corrected chi connectivity index (χ1v) is 10.8. The van der Waals surface area contributed by atoms with E-state index in [-0.39, 0.29) is 5.78 Å². The number of rotatable bonds is 8. The quantitative estimate of drug-likeness (QED) is 0.257. The molecule has 1 atom stereocenters. The van der Waals surface area contributed by atoms with Gasteiger partial charge in [-0.1, -0.05) is 90.5 Å². The summed E-state index contributed by atoms with van der Waals surface area (Å²) in [5.41, 5.74) is 4.66. The fourth-order valence-electron chi connectivity index (χ4n) is 3.46. The number of anilines is 1. The summed E-state index contributed by atoms with van der Waals surface area (Å²) in [6, 6.07) is 33.5. The van der Waals surface area contributed by atoms with Crippen molar-refractivity contribution in [2.45, 2.75) is 19.6 Å². The molecule has 33 heavy (non-hydrogen) atoms. The molecule has 1 N–H and O–H groups in total. The first-order valence-electron chi connectivity index (χ1n) is 10.8. The van der Waals surface area contributed by atoms with Crippen LogP contribution in [0.5, 0.6) is 0 Å². The fraction of sp³-hybridized carbons (Fsp3) is 0.103. The summed E-state index contributed by atoms with van der Waals surface area (Å²) < 4.78 is 5.73. The highest BCUT2D eigenvalue weighted by molar-refractivity contribution is 6.02. The first kappa shape index (κ1) is 22.0. The molecule has 0 aliphatic rings. The second-order valence-electron chi connectivity index (χ2n) is 7.84. The minimum Gasteiger partial charge on any atom is -0.445 e. The molecule has 4 nitrogen and oxygen atoms in total. The number of benzene rings is 4.